The van der Waals surface area contributed by atoms with Crippen LogP contribution in [0.5, 0.6) is 5.75 Å². The first-order valence-electron chi connectivity index (χ1n) is 10.5. The molecule has 1 atom stereocenters. The number of methoxy groups -OCH3 is 1. The number of piperazine rings is 1. The maximum absolute atomic E-state index is 12.9. The van der Waals surface area contributed by atoms with Crippen LogP contribution < -0.4 is 14.5 Å². The number of carbonyl (C=O) groups is 1. The lowest BCUT2D eigenvalue weighted by molar-refractivity contribution is 0.0677. The van der Waals surface area contributed by atoms with Crippen molar-refractivity contribution < 1.29 is 9.53 Å². The van der Waals surface area contributed by atoms with Crippen LogP contribution >= 0.6 is 0 Å². The maximum atomic E-state index is 12.9. The number of benzene rings is 1. The van der Waals surface area contributed by atoms with E-state index >= 15 is 0 Å². The second-order valence-electron chi connectivity index (χ2n) is 8.07. The van der Waals surface area contributed by atoms with Gasteiger partial charge in [-0.15, -0.1) is 0 Å². The van der Waals surface area contributed by atoms with E-state index in [1.807, 2.05) is 29.2 Å². The van der Waals surface area contributed by atoms with E-state index in [9.17, 15) is 4.79 Å². The molecule has 6 nitrogen and oxygen atoms in total. The van der Waals surface area contributed by atoms with Crippen molar-refractivity contribution in [3.63, 3.8) is 0 Å². The van der Waals surface area contributed by atoms with Crippen LogP contribution in [0.4, 0.5) is 11.4 Å². The molecule has 2 aliphatic heterocycles. The van der Waals surface area contributed by atoms with Gasteiger partial charge in [0.15, 0.2) is 0 Å². The molecule has 154 valence electrons. The van der Waals surface area contributed by atoms with E-state index in [0.717, 1.165) is 57.1 Å². The summed E-state index contributed by atoms with van der Waals surface area (Å²) in [5.74, 6) is 1.52. The van der Waals surface area contributed by atoms with Gasteiger partial charge in [0.25, 0.3) is 5.91 Å². The third-order valence-corrected chi connectivity index (χ3v) is 5.99. The van der Waals surface area contributed by atoms with E-state index in [0.29, 0.717) is 11.6 Å². The Morgan fingerprint density at radius 2 is 1.69 bits per heavy atom. The monoisotopic (exact) mass is 394 g/mol. The Morgan fingerprint density at radius 3 is 2.34 bits per heavy atom. The van der Waals surface area contributed by atoms with Gasteiger partial charge in [-0.2, -0.15) is 0 Å². The molecule has 6 heteroatoms. The summed E-state index contributed by atoms with van der Waals surface area (Å²) in [6, 6.07) is 12.2. The van der Waals surface area contributed by atoms with Gasteiger partial charge in [-0.25, -0.2) is 0 Å². The van der Waals surface area contributed by atoms with Crippen LogP contribution in [-0.2, 0) is 0 Å². The Hall–Kier alpha value is -2.76. The minimum Gasteiger partial charge on any atom is -0.497 e. The number of rotatable bonds is 4. The van der Waals surface area contributed by atoms with E-state index in [2.05, 4.69) is 33.8 Å². The Morgan fingerprint density at radius 1 is 1.00 bits per heavy atom. The number of carbonyl (C=O) groups excluding carboxylic acids is 1. The zero-order chi connectivity index (χ0) is 20.2. The maximum Gasteiger partial charge on any atom is 0.272 e. The molecular weight excluding hydrogens is 364 g/mol. The first-order valence-corrected chi connectivity index (χ1v) is 10.5. The highest BCUT2D eigenvalue weighted by Crippen LogP contribution is 2.24. The summed E-state index contributed by atoms with van der Waals surface area (Å²) in [6.45, 7) is 7.63. The average Bonchev–Trinajstić information content (AvgIpc) is 2.79. The van der Waals surface area contributed by atoms with Crippen molar-refractivity contribution in [3.8, 4) is 5.75 Å². The molecule has 2 aliphatic rings. The summed E-state index contributed by atoms with van der Waals surface area (Å²) in [5.41, 5.74) is 2.87. The Balaban J connectivity index is 1.39. The van der Waals surface area contributed by atoms with Crippen LogP contribution in [0.25, 0.3) is 0 Å². The Kier molecular flexibility index (Phi) is 5.88. The van der Waals surface area contributed by atoms with Crippen LogP contribution in [0.15, 0.2) is 42.6 Å². The van der Waals surface area contributed by atoms with Crippen molar-refractivity contribution in [1.29, 1.82) is 0 Å². The zero-order valence-electron chi connectivity index (χ0n) is 17.4. The highest BCUT2D eigenvalue weighted by Gasteiger charge is 2.24. The van der Waals surface area contributed by atoms with E-state index in [1.54, 1.807) is 13.3 Å². The van der Waals surface area contributed by atoms with E-state index in [1.165, 1.54) is 12.1 Å². The minimum atomic E-state index is 0.0651. The molecule has 0 radical (unpaired) electrons. The number of piperidine rings is 1. The number of nitrogens with zero attached hydrogens (tertiary/aromatic N) is 4. The van der Waals surface area contributed by atoms with Crippen molar-refractivity contribution in [3.05, 3.63) is 48.3 Å². The Labute approximate surface area is 173 Å². The molecule has 1 aromatic carbocycles. The molecule has 0 bridgehead atoms. The molecular formula is C23H30N4O2. The topological polar surface area (TPSA) is 48.9 Å². The molecule has 0 spiro atoms. The second kappa shape index (κ2) is 8.72. The van der Waals surface area contributed by atoms with Gasteiger partial charge in [-0.1, -0.05) is 6.92 Å². The largest absolute Gasteiger partial charge is 0.497 e. The molecule has 0 N–H and O–H groups in total. The van der Waals surface area contributed by atoms with Gasteiger partial charge in [-0.3, -0.25) is 9.78 Å². The molecule has 2 saturated heterocycles. The van der Waals surface area contributed by atoms with Crippen LogP contribution in [0.2, 0.25) is 0 Å². The van der Waals surface area contributed by atoms with Gasteiger partial charge < -0.3 is 19.4 Å². The lowest BCUT2D eigenvalue weighted by atomic mass is 10.00. The molecule has 2 fully saturated rings. The quantitative estimate of drug-likeness (QED) is 0.796. The van der Waals surface area contributed by atoms with Gasteiger partial charge in [0.2, 0.25) is 0 Å². The predicted molar refractivity (Wildman–Crippen MR) is 116 cm³/mol. The van der Waals surface area contributed by atoms with Crippen molar-refractivity contribution in [2.45, 2.75) is 19.8 Å². The molecule has 29 heavy (non-hydrogen) atoms. The molecule has 0 saturated carbocycles. The van der Waals surface area contributed by atoms with Gasteiger partial charge >= 0.3 is 0 Å². The summed E-state index contributed by atoms with van der Waals surface area (Å²) in [6.07, 6.45) is 4.06. The number of anilines is 2. The van der Waals surface area contributed by atoms with Crippen LogP contribution in [-0.4, -0.2) is 62.2 Å². The van der Waals surface area contributed by atoms with Crippen LogP contribution in [0.3, 0.4) is 0 Å². The van der Waals surface area contributed by atoms with Gasteiger partial charge in [0.1, 0.15) is 11.4 Å². The molecule has 4 rings (SSSR count). The SMILES string of the molecule is COc1ccc(N2CCN(c3ccnc(C(=O)N4CCCC(C)C4)c3)CC2)cc1. The van der Waals surface area contributed by atoms with Crippen LogP contribution in [0.1, 0.15) is 30.3 Å². The first kappa shape index (κ1) is 19.6. The Bertz CT molecular complexity index is 831. The molecule has 0 aliphatic carbocycles. The molecule has 2 aromatic rings. The lowest BCUT2D eigenvalue weighted by Crippen LogP contribution is -2.46. The minimum absolute atomic E-state index is 0.0651. The summed E-state index contributed by atoms with van der Waals surface area (Å²) in [5, 5.41) is 0. The van der Waals surface area contributed by atoms with Gasteiger partial charge in [-0.05, 0) is 55.2 Å². The summed E-state index contributed by atoms with van der Waals surface area (Å²) in [4.78, 5) is 24.0. The first-order chi connectivity index (χ1) is 14.1. The number of amides is 1. The van der Waals surface area contributed by atoms with Crippen LogP contribution in [0, 0.1) is 5.92 Å². The average molecular weight is 395 g/mol. The lowest BCUT2D eigenvalue weighted by Gasteiger charge is -2.37. The molecule has 1 unspecified atom stereocenters. The number of aromatic nitrogens is 1. The van der Waals surface area contributed by atoms with Gasteiger partial charge in [0.05, 0.1) is 7.11 Å². The number of hydrogen-bond donors (Lipinski definition) is 0. The summed E-state index contributed by atoms with van der Waals surface area (Å²) >= 11 is 0. The second-order valence-corrected chi connectivity index (χ2v) is 8.07. The number of likely N-dealkylation sites (tertiary alicyclic amines) is 1. The zero-order valence-corrected chi connectivity index (χ0v) is 17.4. The summed E-state index contributed by atoms with van der Waals surface area (Å²) < 4.78 is 5.25. The number of hydrogen-bond acceptors (Lipinski definition) is 5. The normalized spacial score (nSPS) is 19.9. The smallest absolute Gasteiger partial charge is 0.272 e. The highest BCUT2D eigenvalue weighted by atomic mass is 16.5. The number of pyridine rings is 1. The van der Waals surface area contributed by atoms with E-state index in [4.69, 9.17) is 4.74 Å². The third-order valence-electron chi connectivity index (χ3n) is 5.99. The highest BCUT2D eigenvalue weighted by molar-refractivity contribution is 5.93. The fraction of sp³-hybridized carbons (Fsp3) is 0.478. The van der Waals surface area contributed by atoms with E-state index in [-0.39, 0.29) is 5.91 Å². The fourth-order valence-corrected chi connectivity index (χ4v) is 4.28. The van der Waals surface area contributed by atoms with Crippen molar-refractivity contribution >= 4 is 17.3 Å². The molecule has 3 heterocycles. The predicted octanol–water partition coefficient (Wildman–Crippen LogP) is 3.29. The molecule has 1 aromatic heterocycles. The van der Waals surface area contributed by atoms with Crippen molar-refractivity contribution in [1.82, 2.24) is 9.88 Å². The molecule has 1 amide bonds. The van der Waals surface area contributed by atoms with E-state index < -0.39 is 0 Å². The standard InChI is InChI=1S/C23H30N4O2/c1-18-4-3-11-27(17-18)23(28)22-16-20(9-10-24-22)26-14-12-25(13-15-26)19-5-7-21(29-2)8-6-19/h5-10,16,18H,3-4,11-15,17H2,1-2H3. The summed E-state index contributed by atoms with van der Waals surface area (Å²) in [7, 11) is 1.69. The third kappa shape index (κ3) is 4.47. The fourth-order valence-electron chi connectivity index (χ4n) is 4.28. The van der Waals surface area contributed by atoms with Crippen molar-refractivity contribution in [2.75, 3.05) is 56.2 Å². The van der Waals surface area contributed by atoms with Gasteiger partial charge in [0, 0.05) is 56.8 Å². The van der Waals surface area contributed by atoms with Crippen molar-refractivity contribution in [2.24, 2.45) is 5.92 Å². The number of ether oxygens (including phenoxy) is 1.